The third-order valence-electron chi connectivity index (χ3n) is 6.33. The summed E-state index contributed by atoms with van der Waals surface area (Å²) in [5, 5.41) is 5.64. The van der Waals surface area contributed by atoms with Gasteiger partial charge in [-0.2, -0.15) is 0 Å². The molecule has 2 aliphatic rings. The van der Waals surface area contributed by atoms with E-state index in [2.05, 4.69) is 39.5 Å². The summed E-state index contributed by atoms with van der Waals surface area (Å²) in [5.74, 6) is 1.90. The lowest BCUT2D eigenvalue weighted by Crippen LogP contribution is -2.29. The first-order valence-electron chi connectivity index (χ1n) is 10.6. The van der Waals surface area contributed by atoms with Crippen LogP contribution in [-0.2, 0) is 6.61 Å². The van der Waals surface area contributed by atoms with Crippen LogP contribution in [0.25, 0.3) is 0 Å². The number of nitrogens with one attached hydrogen (secondary N) is 1. The topological polar surface area (TPSA) is 30.5 Å². The van der Waals surface area contributed by atoms with E-state index >= 15 is 0 Å². The third kappa shape index (κ3) is 4.35. The molecule has 0 aromatic heterocycles. The number of ether oxygens (including phenoxy) is 2. The molecule has 7 heteroatoms. The van der Waals surface area contributed by atoms with E-state index in [-0.39, 0.29) is 12.0 Å². The Hall–Kier alpha value is -1.85. The third-order valence-corrected chi connectivity index (χ3v) is 7.80. The second-order valence-electron chi connectivity index (χ2n) is 8.24. The second kappa shape index (κ2) is 9.42. The van der Waals surface area contributed by atoms with Crippen LogP contribution in [0.2, 0.25) is 15.1 Å². The van der Waals surface area contributed by atoms with Crippen molar-refractivity contribution in [2.24, 2.45) is 5.92 Å². The van der Waals surface area contributed by atoms with Crippen LogP contribution in [0.15, 0.2) is 65.2 Å². The fourth-order valence-corrected chi connectivity index (χ4v) is 6.10. The zero-order valence-electron chi connectivity index (χ0n) is 17.7. The van der Waals surface area contributed by atoms with Crippen molar-refractivity contribution in [3.05, 3.63) is 96.9 Å². The summed E-state index contributed by atoms with van der Waals surface area (Å²) in [7, 11) is 1.65. The summed E-state index contributed by atoms with van der Waals surface area (Å²) in [6, 6.07) is 15.6. The van der Waals surface area contributed by atoms with Crippen molar-refractivity contribution in [1.82, 2.24) is 0 Å². The SMILES string of the molecule is COc1cc([C@@H]2Nc3c(Cl)cc(Cl)cc3C3C=CCC32)cc(Br)c1OCc1ccccc1Cl. The molecule has 3 aromatic carbocycles. The Bertz CT molecular complexity index is 1250. The molecule has 3 atom stereocenters. The Morgan fingerprint density at radius 2 is 1.88 bits per heavy atom. The maximum absolute atomic E-state index is 6.58. The van der Waals surface area contributed by atoms with Gasteiger partial charge in [0.05, 0.1) is 28.3 Å². The van der Waals surface area contributed by atoms with Crippen LogP contribution in [0.3, 0.4) is 0 Å². The lowest BCUT2D eigenvalue weighted by atomic mass is 9.77. The van der Waals surface area contributed by atoms with E-state index < -0.39 is 0 Å². The maximum Gasteiger partial charge on any atom is 0.175 e. The number of halogens is 4. The Labute approximate surface area is 216 Å². The summed E-state index contributed by atoms with van der Waals surface area (Å²) in [6.45, 7) is 0.341. The highest BCUT2D eigenvalue weighted by atomic mass is 79.9. The lowest BCUT2D eigenvalue weighted by molar-refractivity contribution is 0.282. The molecule has 3 nitrogen and oxygen atoms in total. The van der Waals surface area contributed by atoms with E-state index in [9.17, 15) is 0 Å². The molecule has 0 radical (unpaired) electrons. The van der Waals surface area contributed by atoms with Gasteiger partial charge in [-0.1, -0.05) is 65.2 Å². The molecule has 0 saturated heterocycles. The first-order valence-corrected chi connectivity index (χ1v) is 12.5. The predicted molar refractivity (Wildman–Crippen MR) is 139 cm³/mol. The normalized spacial score (nSPS) is 20.7. The summed E-state index contributed by atoms with van der Waals surface area (Å²) >= 11 is 22.9. The fraction of sp³-hybridized carbons (Fsp3) is 0.231. The smallest absolute Gasteiger partial charge is 0.175 e. The van der Waals surface area contributed by atoms with Gasteiger partial charge in [-0.3, -0.25) is 0 Å². The van der Waals surface area contributed by atoms with Gasteiger partial charge in [-0.25, -0.2) is 0 Å². The van der Waals surface area contributed by atoms with E-state index in [0.29, 0.717) is 39.1 Å². The van der Waals surface area contributed by atoms with Crippen molar-refractivity contribution < 1.29 is 9.47 Å². The van der Waals surface area contributed by atoms with Crippen LogP contribution in [0.1, 0.15) is 35.1 Å². The summed E-state index contributed by atoms with van der Waals surface area (Å²) in [6.07, 6.45) is 5.47. The van der Waals surface area contributed by atoms with Crippen molar-refractivity contribution in [3.63, 3.8) is 0 Å². The maximum atomic E-state index is 6.58. The van der Waals surface area contributed by atoms with Gasteiger partial charge in [-0.15, -0.1) is 0 Å². The number of rotatable bonds is 5. The van der Waals surface area contributed by atoms with E-state index in [1.807, 2.05) is 36.4 Å². The molecule has 0 amide bonds. The van der Waals surface area contributed by atoms with Crippen molar-refractivity contribution in [2.45, 2.75) is 25.0 Å². The van der Waals surface area contributed by atoms with Crippen molar-refractivity contribution in [3.8, 4) is 11.5 Å². The van der Waals surface area contributed by atoms with Crippen LogP contribution < -0.4 is 14.8 Å². The van der Waals surface area contributed by atoms with Crippen LogP contribution in [0, 0.1) is 5.92 Å². The molecule has 0 fully saturated rings. The number of allylic oxidation sites excluding steroid dienone is 2. The molecule has 1 aliphatic carbocycles. The molecule has 33 heavy (non-hydrogen) atoms. The van der Waals surface area contributed by atoms with Crippen LogP contribution in [0.5, 0.6) is 11.5 Å². The van der Waals surface area contributed by atoms with E-state index in [1.54, 1.807) is 13.2 Å². The first kappa shape index (κ1) is 22.9. The Morgan fingerprint density at radius 3 is 2.67 bits per heavy atom. The van der Waals surface area contributed by atoms with Gasteiger partial charge in [0.2, 0.25) is 0 Å². The van der Waals surface area contributed by atoms with E-state index in [4.69, 9.17) is 44.3 Å². The zero-order valence-corrected chi connectivity index (χ0v) is 21.6. The molecule has 2 unspecified atom stereocenters. The monoisotopic (exact) mass is 563 g/mol. The lowest BCUT2D eigenvalue weighted by Gasteiger charge is -2.38. The highest BCUT2D eigenvalue weighted by Gasteiger charge is 2.39. The van der Waals surface area contributed by atoms with Gasteiger partial charge in [0, 0.05) is 21.5 Å². The first-order chi connectivity index (χ1) is 16.0. The largest absolute Gasteiger partial charge is 0.493 e. The van der Waals surface area contributed by atoms with Gasteiger partial charge in [0.25, 0.3) is 0 Å². The molecule has 5 rings (SSSR count). The summed E-state index contributed by atoms with van der Waals surface area (Å²) in [5.41, 5.74) is 4.09. The minimum Gasteiger partial charge on any atom is -0.493 e. The van der Waals surface area contributed by atoms with Crippen molar-refractivity contribution in [2.75, 3.05) is 12.4 Å². The average molecular weight is 566 g/mol. The predicted octanol–water partition coefficient (Wildman–Crippen LogP) is 8.82. The Balaban J connectivity index is 1.48. The molecular formula is C26H21BrCl3NO2. The number of anilines is 1. The van der Waals surface area contributed by atoms with Gasteiger partial charge in [-0.05, 0) is 69.7 Å². The van der Waals surface area contributed by atoms with E-state index in [1.165, 1.54) is 0 Å². The number of hydrogen-bond acceptors (Lipinski definition) is 3. The average Bonchev–Trinajstić information content (AvgIpc) is 3.29. The molecule has 170 valence electrons. The summed E-state index contributed by atoms with van der Waals surface area (Å²) in [4.78, 5) is 0. The van der Waals surface area contributed by atoms with Crippen LogP contribution in [-0.4, -0.2) is 7.11 Å². The Morgan fingerprint density at radius 1 is 1.06 bits per heavy atom. The molecule has 1 heterocycles. The van der Waals surface area contributed by atoms with Gasteiger partial charge < -0.3 is 14.8 Å². The second-order valence-corrected chi connectivity index (χ2v) is 10.3. The van der Waals surface area contributed by atoms with Crippen molar-refractivity contribution >= 4 is 56.4 Å². The number of benzene rings is 3. The minimum absolute atomic E-state index is 0.0546. The highest BCUT2D eigenvalue weighted by molar-refractivity contribution is 9.10. The molecule has 0 spiro atoms. The Kier molecular flexibility index (Phi) is 6.54. The minimum atomic E-state index is 0.0546. The molecule has 0 bridgehead atoms. The quantitative estimate of drug-likeness (QED) is 0.314. The van der Waals surface area contributed by atoms with Crippen LogP contribution >= 0.6 is 50.7 Å². The molecule has 3 aromatic rings. The molecule has 0 saturated carbocycles. The fourth-order valence-electron chi connectivity index (χ4n) is 4.78. The van der Waals surface area contributed by atoms with Gasteiger partial charge in [0.1, 0.15) is 6.61 Å². The number of fused-ring (bicyclic) bond motifs is 3. The number of hydrogen-bond donors (Lipinski definition) is 1. The van der Waals surface area contributed by atoms with E-state index in [0.717, 1.165) is 33.3 Å². The standard InChI is InChI=1S/C26H21BrCl3NO2/c1-32-23-10-15(9-20(27)26(23)33-13-14-5-2-3-8-21(14)29)24-18-7-4-6-17(18)19-11-16(28)12-22(30)25(19)31-24/h2-6,8-12,17-18,24,31H,7,13H2,1H3/t17?,18?,24-/m0/s1. The zero-order chi connectivity index (χ0) is 23.1. The van der Waals surface area contributed by atoms with Crippen LogP contribution in [0.4, 0.5) is 5.69 Å². The molecule has 1 aliphatic heterocycles. The highest BCUT2D eigenvalue weighted by Crippen LogP contribution is 2.53. The van der Waals surface area contributed by atoms with Gasteiger partial charge >= 0.3 is 0 Å². The molecular weight excluding hydrogens is 545 g/mol. The number of methoxy groups -OCH3 is 1. The summed E-state index contributed by atoms with van der Waals surface area (Å²) < 4.78 is 12.7. The molecule has 1 N–H and O–H groups in total. The van der Waals surface area contributed by atoms with Gasteiger partial charge in [0.15, 0.2) is 11.5 Å². The van der Waals surface area contributed by atoms with Crippen molar-refractivity contribution in [1.29, 1.82) is 0 Å².